The highest BCUT2D eigenvalue weighted by atomic mass is 19.3. The molecule has 2 rings (SSSR count). The lowest BCUT2D eigenvalue weighted by molar-refractivity contribution is 0.140. The SMILES string of the molecule is CCCCC[C@H]1CC[C@H]([C@H]2CC[C@H](CCC=C(F)F)CC2)CC1. The Hall–Kier alpha value is -0.400. The summed E-state index contributed by atoms with van der Waals surface area (Å²) < 4.78 is 24.2. The highest BCUT2D eigenvalue weighted by molar-refractivity contribution is 4.85. The van der Waals surface area contributed by atoms with Gasteiger partial charge in [0.15, 0.2) is 0 Å². The summed E-state index contributed by atoms with van der Waals surface area (Å²) in [4.78, 5) is 0. The van der Waals surface area contributed by atoms with Crippen molar-refractivity contribution in [2.24, 2.45) is 23.7 Å². The van der Waals surface area contributed by atoms with Crippen LogP contribution in [0.15, 0.2) is 12.2 Å². The topological polar surface area (TPSA) is 0 Å². The second kappa shape index (κ2) is 10.5. The Labute approximate surface area is 142 Å². The standard InChI is InChI=1S/C21H36F2/c1-2-3-4-6-17-9-13-19(14-10-17)20-15-11-18(12-16-20)7-5-8-21(22)23/h8,17-20H,2-7,9-16H2,1H3/t17-,18-,19-,20-. The van der Waals surface area contributed by atoms with Gasteiger partial charge in [0.05, 0.1) is 0 Å². The molecule has 0 heterocycles. The highest BCUT2D eigenvalue weighted by Crippen LogP contribution is 2.43. The zero-order valence-electron chi connectivity index (χ0n) is 15.0. The van der Waals surface area contributed by atoms with Crippen LogP contribution in [0.5, 0.6) is 0 Å². The fourth-order valence-electron chi connectivity index (χ4n) is 5.01. The van der Waals surface area contributed by atoms with E-state index >= 15 is 0 Å². The molecule has 0 radical (unpaired) electrons. The third-order valence-corrected chi connectivity index (χ3v) is 6.54. The number of hydrogen-bond acceptors (Lipinski definition) is 0. The van der Waals surface area contributed by atoms with Crippen molar-refractivity contribution in [3.63, 3.8) is 0 Å². The quantitative estimate of drug-likeness (QED) is 0.400. The van der Waals surface area contributed by atoms with Crippen LogP contribution in [0.2, 0.25) is 0 Å². The van der Waals surface area contributed by atoms with Gasteiger partial charge in [0.2, 0.25) is 0 Å². The Morgan fingerprint density at radius 3 is 1.78 bits per heavy atom. The fourth-order valence-corrected chi connectivity index (χ4v) is 5.01. The largest absolute Gasteiger partial charge is 0.266 e. The summed E-state index contributed by atoms with van der Waals surface area (Å²) in [6.07, 6.45) is 17.9. The maximum absolute atomic E-state index is 12.1. The van der Waals surface area contributed by atoms with Gasteiger partial charge in [-0.25, -0.2) is 0 Å². The molecule has 0 unspecified atom stereocenters. The molecular formula is C21H36F2. The first kappa shape index (κ1) is 18.9. The zero-order chi connectivity index (χ0) is 16.5. The van der Waals surface area contributed by atoms with Gasteiger partial charge in [0.1, 0.15) is 0 Å². The molecule has 0 nitrogen and oxygen atoms in total. The first-order chi connectivity index (χ1) is 11.2. The smallest absolute Gasteiger partial charge is 0.174 e. The van der Waals surface area contributed by atoms with Crippen molar-refractivity contribution >= 4 is 0 Å². The van der Waals surface area contributed by atoms with Gasteiger partial charge in [-0.2, -0.15) is 8.78 Å². The normalized spacial score (nSPS) is 31.8. The minimum Gasteiger partial charge on any atom is -0.174 e. The summed E-state index contributed by atoms with van der Waals surface area (Å²) in [5.41, 5.74) is 0. The molecule has 0 amide bonds. The van der Waals surface area contributed by atoms with E-state index in [2.05, 4.69) is 6.92 Å². The van der Waals surface area contributed by atoms with E-state index in [0.29, 0.717) is 12.3 Å². The molecule has 0 atom stereocenters. The molecule has 0 aromatic carbocycles. The molecule has 2 saturated carbocycles. The summed E-state index contributed by atoms with van der Waals surface area (Å²) in [5, 5.41) is 0. The van der Waals surface area contributed by atoms with Crippen LogP contribution in [0.25, 0.3) is 0 Å². The van der Waals surface area contributed by atoms with Crippen LogP contribution in [0.1, 0.15) is 96.8 Å². The van der Waals surface area contributed by atoms with Crippen molar-refractivity contribution < 1.29 is 8.78 Å². The molecule has 0 N–H and O–H groups in total. The van der Waals surface area contributed by atoms with Crippen molar-refractivity contribution in [2.75, 3.05) is 0 Å². The van der Waals surface area contributed by atoms with Crippen LogP contribution in [-0.4, -0.2) is 0 Å². The monoisotopic (exact) mass is 326 g/mol. The van der Waals surface area contributed by atoms with E-state index in [1.54, 1.807) is 0 Å². The van der Waals surface area contributed by atoms with Crippen molar-refractivity contribution in [2.45, 2.75) is 96.8 Å². The number of rotatable bonds is 8. The van der Waals surface area contributed by atoms with Crippen LogP contribution in [-0.2, 0) is 0 Å². The first-order valence-electron chi connectivity index (χ1n) is 10.2. The number of halogens is 2. The number of hydrogen-bond donors (Lipinski definition) is 0. The fraction of sp³-hybridized carbons (Fsp3) is 0.905. The average Bonchev–Trinajstić information content (AvgIpc) is 2.56. The van der Waals surface area contributed by atoms with Crippen molar-refractivity contribution in [3.8, 4) is 0 Å². The Morgan fingerprint density at radius 2 is 1.30 bits per heavy atom. The van der Waals surface area contributed by atoms with Crippen LogP contribution < -0.4 is 0 Å². The van der Waals surface area contributed by atoms with E-state index in [-0.39, 0.29) is 0 Å². The summed E-state index contributed by atoms with van der Waals surface area (Å²) in [6, 6.07) is 0. The molecule has 134 valence electrons. The van der Waals surface area contributed by atoms with E-state index in [1.807, 2.05) is 0 Å². The Kier molecular flexibility index (Phi) is 8.61. The van der Waals surface area contributed by atoms with E-state index in [0.717, 1.165) is 30.3 Å². The first-order valence-corrected chi connectivity index (χ1v) is 10.2. The molecule has 2 aliphatic rings. The molecule has 0 bridgehead atoms. The van der Waals surface area contributed by atoms with Crippen LogP contribution in [0.4, 0.5) is 8.78 Å². The summed E-state index contributed by atoms with van der Waals surface area (Å²) in [6.45, 7) is 2.29. The van der Waals surface area contributed by atoms with Gasteiger partial charge in [-0.1, -0.05) is 58.3 Å². The predicted molar refractivity (Wildman–Crippen MR) is 94.6 cm³/mol. The van der Waals surface area contributed by atoms with Gasteiger partial charge in [-0.05, 0) is 68.3 Å². The number of allylic oxidation sites excluding steroid dienone is 1. The van der Waals surface area contributed by atoms with E-state index in [4.69, 9.17) is 0 Å². The average molecular weight is 327 g/mol. The van der Waals surface area contributed by atoms with Gasteiger partial charge in [-0.3, -0.25) is 0 Å². The second-order valence-electron chi connectivity index (χ2n) is 8.13. The summed E-state index contributed by atoms with van der Waals surface area (Å²) >= 11 is 0. The van der Waals surface area contributed by atoms with Crippen LogP contribution in [0.3, 0.4) is 0 Å². The van der Waals surface area contributed by atoms with Crippen molar-refractivity contribution in [1.29, 1.82) is 0 Å². The zero-order valence-corrected chi connectivity index (χ0v) is 15.0. The van der Waals surface area contributed by atoms with Gasteiger partial charge in [0, 0.05) is 0 Å². The Balaban J connectivity index is 1.60. The highest BCUT2D eigenvalue weighted by Gasteiger charge is 2.30. The lowest BCUT2D eigenvalue weighted by atomic mass is 9.68. The van der Waals surface area contributed by atoms with E-state index < -0.39 is 6.08 Å². The molecule has 2 aliphatic carbocycles. The minimum absolute atomic E-state index is 0.570. The maximum Gasteiger partial charge on any atom is 0.266 e. The molecule has 0 aromatic rings. The lowest BCUT2D eigenvalue weighted by Gasteiger charge is -2.38. The predicted octanol–water partition coefficient (Wildman–Crippen LogP) is 7.74. The number of unbranched alkanes of at least 4 members (excludes halogenated alkanes) is 2. The third-order valence-electron chi connectivity index (χ3n) is 6.54. The molecule has 2 fully saturated rings. The summed E-state index contributed by atoms with van der Waals surface area (Å²) in [7, 11) is 0. The van der Waals surface area contributed by atoms with Gasteiger partial charge in [-0.15, -0.1) is 0 Å². The lowest BCUT2D eigenvalue weighted by Crippen LogP contribution is -2.25. The maximum atomic E-state index is 12.1. The summed E-state index contributed by atoms with van der Waals surface area (Å²) in [5.74, 6) is 3.63. The van der Waals surface area contributed by atoms with E-state index in [1.165, 1.54) is 77.0 Å². The van der Waals surface area contributed by atoms with Crippen LogP contribution >= 0.6 is 0 Å². The van der Waals surface area contributed by atoms with E-state index in [9.17, 15) is 8.78 Å². The second-order valence-corrected chi connectivity index (χ2v) is 8.13. The van der Waals surface area contributed by atoms with Crippen LogP contribution in [0, 0.1) is 23.7 Å². The molecule has 0 aliphatic heterocycles. The van der Waals surface area contributed by atoms with Gasteiger partial charge < -0.3 is 0 Å². The Morgan fingerprint density at radius 1 is 0.783 bits per heavy atom. The van der Waals surface area contributed by atoms with Gasteiger partial charge >= 0.3 is 0 Å². The molecular weight excluding hydrogens is 290 g/mol. The van der Waals surface area contributed by atoms with Gasteiger partial charge in [0.25, 0.3) is 6.08 Å². The molecule has 2 heteroatoms. The molecule has 0 aromatic heterocycles. The minimum atomic E-state index is -1.51. The van der Waals surface area contributed by atoms with Crippen molar-refractivity contribution in [3.05, 3.63) is 12.2 Å². The molecule has 23 heavy (non-hydrogen) atoms. The third kappa shape index (κ3) is 6.93. The van der Waals surface area contributed by atoms with Crippen molar-refractivity contribution in [1.82, 2.24) is 0 Å². The Bertz CT molecular complexity index is 330. The molecule has 0 saturated heterocycles. The molecule has 0 spiro atoms.